The number of hydrogen-bond acceptors (Lipinski definition) is 2. The molecule has 0 aliphatic carbocycles. The van der Waals surface area contributed by atoms with E-state index in [1.165, 1.54) is 57.8 Å². The molecular formula is C15H27O2. The van der Waals surface area contributed by atoms with Gasteiger partial charge >= 0.3 is 0 Å². The Bertz CT molecular complexity index is 148. The molecule has 0 aromatic rings. The van der Waals surface area contributed by atoms with Gasteiger partial charge in [-0.3, -0.25) is 4.79 Å². The molecule has 0 bridgehead atoms. The van der Waals surface area contributed by atoms with Crippen molar-refractivity contribution in [2.75, 3.05) is 0 Å². The summed E-state index contributed by atoms with van der Waals surface area (Å²) in [4.78, 5) is 20.0. The van der Waals surface area contributed by atoms with Gasteiger partial charge in [0.1, 0.15) is 6.29 Å². The van der Waals surface area contributed by atoms with E-state index in [2.05, 4.69) is 0 Å². The first-order valence-electron chi connectivity index (χ1n) is 7.20. The number of carbonyl (C=O) groups excluding carboxylic acids is 2. The lowest BCUT2D eigenvalue weighted by Crippen LogP contribution is -1.83. The Morgan fingerprint density at radius 3 is 1.47 bits per heavy atom. The van der Waals surface area contributed by atoms with Crippen LogP contribution in [0, 0.1) is 0 Å². The summed E-state index contributed by atoms with van der Waals surface area (Å²) < 4.78 is 0. The SMILES string of the molecule is O=[C]CCCCCCCCCCCCCC=O. The van der Waals surface area contributed by atoms with E-state index >= 15 is 0 Å². The van der Waals surface area contributed by atoms with E-state index in [1.54, 1.807) is 0 Å². The number of hydrogen-bond donors (Lipinski definition) is 0. The van der Waals surface area contributed by atoms with Crippen molar-refractivity contribution < 1.29 is 9.59 Å². The molecule has 0 aromatic carbocycles. The lowest BCUT2D eigenvalue weighted by molar-refractivity contribution is -0.107. The highest BCUT2D eigenvalue weighted by molar-refractivity contribution is 5.50. The molecule has 17 heavy (non-hydrogen) atoms. The number of aldehydes is 1. The van der Waals surface area contributed by atoms with Crippen LogP contribution in [0.3, 0.4) is 0 Å². The Kier molecular flexibility index (Phi) is 14.7. The molecule has 0 aromatic heterocycles. The molecule has 0 aliphatic heterocycles. The van der Waals surface area contributed by atoms with Crippen LogP contribution in [0.5, 0.6) is 0 Å². The first-order chi connectivity index (χ1) is 8.41. The van der Waals surface area contributed by atoms with Crippen molar-refractivity contribution in [3.63, 3.8) is 0 Å². The van der Waals surface area contributed by atoms with E-state index in [0.29, 0.717) is 6.42 Å². The van der Waals surface area contributed by atoms with Crippen LogP contribution in [0.2, 0.25) is 0 Å². The lowest BCUT2D eigenvalue weighted by atomic mass is 10.0. The van der Waals surface area contributed by atoms with Gasteiger partial charge in [-0.2, -0.15) is 0 Å². The molecule has 2 heteroatoms. The molecule has 0 unspecified atom stereocenters. The van der Waals surface area contributed by atoms with Gasteiger partial charge in [0.2, 0.25) is 0 Å². The predicted octanol–water partition coefficient (Wildman–Crippen LogP) is 4.37. The summed E-state index contributed by atoms with van der Waals surface area (Å²) in [5.74, 6) is 0. The van der Waals surface area contributed by atoms with E-state index in [0.717, 1.165) is 25.5 Å². The predicted molar refractivity (Wildman–Crippen MR) is 71.8 cm³/mol. The van der Waals surface area contributed by atoms with Crippen LogP contribution >= 0.6 is 0 Å². The van der Waals surface area contributed by atoms with E-state index in [-0.39, 0.29) is 0 Å². The Labute approximate surface area is 106 Å². The number of rotatable bonds is 14. The fraction of sp³-hybridized carbons (Fsp3) is 0.867. The first-order valence-corrected chi connectivity index (χ1v) is 7.20. The summed E-state index contributed by atoms with van der Waals surface area (Å²) in [7, 11) is 0. The molecule has 0 saturated carbocycles. The molecule has 0 spiro atoms. The van der Waals surface area contributed by atoms with E-state index in [9.17, 15) is 9.59 Å². The van der Waals surface area contributed by atoms with E-state index in [1.807, 2.05) is 6.29 Å². The van der Waals surface area contributed by atoms with E-state index in [4.69, 9.17) is 0 Å². The molecule has 0 aliphatic rings. The average molecular weight is 239 g/mol. The summed E-state index contributed by atoms with van der Waals surface area (Å²) in [6.07, 6.45) is 18.0. The van der Waals surface area contributed by atoms with Crippen molar-refractivity contribution in [1.82, 2.24) is 0 Å². The lowest BCUT2D eigenvalue weighted by Gasteiger charge is -2.01. The summed E-state index contributed by atoms with van der Waals surface area (Å²) in [6, 6.07) is 0. The zero-order valence-corrected chi connectivity index (χ0v) is 11.1. The maximum Gasteiger partial charge on any atom is 0.198 e. The summed E-state index contributed by atoms with van der Waals surface area (Å²) >= 11 is 0. The van der Waals surface area contributed by atoms with Crippen molar-refractivity contribution >= 4 is 12.6 Å². The second-order valence-electron chi connectivity index (χ2n) is 4.74. The highest BCUT2D eigenvalue weighted by atomic mass is 16.1. The second-order valence-corrected chi connectivity index (χ2v) is 4.74. The molecule has 0 rings (SSSR count). The van der Waals surface area contributed by atoms with Crippen molar-refractivity contribution in [2.45, 2.75) is 83.5 Å². The molecule has 99 valence electrons. The highest BCUT2D eigenvalue weighted by Gasteiger charge is 1.93. The quantitative estimate of drug-likeness (QED) is 0.333. The van der Waals surface area contributed by atoms with Gasteiger partial charge in [-0.05, 0) is 12.8 Å². The van der Waals surface area contributed by atoms with Gasteiger partial charge in [0.15, 0.2) is 6.29 Å². The third-order valence-corrected chi connectivity index (χ3v) is 3.10. The standard InChI is InChI=1S/C15H27O2/c16-14-12-10-8-6-4-2-1-3-5-7-9-11-13-15-17/h14H,1-13H2. The highest BCUT2D eigenvalue weighted by Crippen LogP contribution is 2.11. The van der Waals surface area contributed by atoms with E-state index < -0.39 is 0 Å². The molecule has 0 amide bonds. The van der Waals surface area contributed by atoms with Crippen molar-refractivity contribution in [3.05, 3.63) is 0 Å². The van der Waals surface area contributed by atoms with Crippen LogP contribution in [-0.4, -0.2) is 12.6 Å². The third kappa shape index (κ3) is 15.3. The Hall–Kier alpha value is -0.660. The molecule has 0 atom stereocenters. The summed E-state index contributed by atoms with van der Waals surface area (Å²) in [6.45, 7) is 0. The van der Waals surface area contributed by atoms with Crippen molar-refractivity contribution in [2.24, 2.45) is 0 Å². The molecule has 2 nitrogen and oxygen atoms in total. The van der Waals surface area contributed by atoms with Crippen LogP contribution in [0.1, 0.15) is 83.5 Å². The zero-order valence-electron chi connectivity index (χ0n) is 11.1. The molecule has 1 radical (unpaired) electrons. The average Bonchev–Trinajstić information content (AvgIpc) is 2.35. The van der Waals surface area contributed by atoms with Crippen LogP contribution in [0.15, 0.2) is 0 Å². The van der Waals surface area contributed by atoms with Gasteiger partial charge in [0.25, 0.3) is 0 Å². The fourth-order valence-electron chi connectivity index (χ4n) is 2.02. The largest absolute Gasteiger partial charge is 0.303 e. The minimum absolute atomic E-state index is 0.612. The number of carbonyl (C=O) groups is 1. The second kappa shape index (κ2) is 15.3. The molecular weight excluding hydrogens is 212 g/mol. The minimum Gasteiger partial charge on any atom is -0.303 e. The van der Waals surface area contributed by atoms with Crippen LogP contribution in [-0.2, 0) is 9.59 Å². The zero-order chi connectivity index (χ0) is 12.6. The number of unbranched alkanes of at least 4 members (excludes halogenated alkanes) is 12. The molecule has 0 N–H and O–H groups in total. The van der Waals surface area contributed by atoms with Crippen LogP contribution in [0.25, 0.3) is 0 Å². The Morgan fingerprint density at radius 2 is 1.06 bits per heavy atom. The topological polar surface area (TPSA) is 34.1 Å². The smallest absolute Gasteiger partial charge is 0.198 e. The van der Waals surface area contributed by atoms with Gasteiger partial charge in [0, 0.05) is 12.8 Å². The Morgan fingerprint density at radius 1 is 0.647 bits per heavy atom. The van der Waals surface area contributed by atoms with Crippen molar-refractivity contribution in [3.8, 4) is 0 Å². The maximum absolute atomic E-state index is 10.1. The van der Waals surface area contributed by atoms with Gasteiger partial charge in [-0.25, -0.2) is 0 Å². The fourth-order valence-corrected chi connectivity index (χ4v) is 2.02. The molecule has 0 saturated heterocycles. The molecule has 0 fully saturated rings. The van der Waals surface area contributed by atoms with Crippen LogP contribution < -0.4 is 0 Å². The van der Waals surface area contributed by atoms with Gasteiger partial charge in [-0.15, -0.1) is 0 Å². The van der Waals surface area contributed by atoms with Crippen LogP contribution in [0.4, 0.5) is 0 Å². The molecule has 0 heterocycles. The summed E-state index contributed by atoms with van der Waals surface area (Å²) in [5, 5.41) is 0. The van der Waals surface area contributed by atoms with Gasteiger partial charge < -0.3 is 4.79 Å². The third-order valence-electron chi connectivity index (χ3n) is 3.10. The van der Waals surface area contributed by atoms with Gasteiger partial charge in [0.05, 0.1) is 0 Å². The Balaban J connectivity index is 2.89. The van der Waals surface area contributed by atoms with Gasteiger partial charge in [-0.1, -0.05) is 57.8 Å². The normalized spacial score (nSPS) is 10.4. The minimum atomic E-state index is 0.612. The van der Waals surface area contributed by atoms with Crippen molar-refractivity contribution in [1.29, 1.82) is 0 Å². The monoisotopic (exact) mass is 239 g/mol. The first kappa shape index (κ1) is 16.3. The summed E-state index contributed by atoms with van der Waals surface area (Å²) in [5.41, 5.74) is 0. The maximum atomic E-state index is 10.1.